The minimum Gasteiger partial charge on any atom is -0.439 e. The van der Waals surface area contributed by atoms with Gasteiger partial charge in [-0.25, -0.2) is 4.98 Å². The van der Waals surface area contributed by atoms with Crippen LogP contribution in [0.1, 0.15) is 17.5 Å². The van der Waals surface area contributed by atoms with E-state index in [1.165, 1.54) is 5.56 Å². The zero-order chi connectivity index (χ0) is 16.2. The van der Waals surface area contributed by atoms with Gasteiger partial charge in [-0.05, 0) is 50.1 Å². The first-order chi connectivity index (χ1) is 11.1. The van der Waals surface area contributed by atoms with Crippen LogP contribution in [-0.4, -0.2) is 24.0 Å². The molecule has 0 saturated carbocycles. The minimum atomic E-state index is 0. The lowest BCUT2D eigenvalue weighted by Crippen LogP contribution is -2.24. The van der Waals surface area contributed by atoms with Crippen molar-refractivity contribution in [2.45, 2.75) is 20.3 Å². The molecule has 1 atom stereocenters. The van der Waals surface area contributed by atoms with E-state index in [2.05, 4.69) is 15.6 Å². The summed E-state index contributed by atoms with van der Waals surface area (Å²) in [5, 5.41) is 6.09. The second-order valence-corrected chi connectivity index (χ2v) is 5.86. The number of nitrogens with zero attached hydrogens (tertiary/aromatic N) is 1. The van der Waals surface area contributed by atoms with Gasteiger partial charge in [0.25, 0.3) is 0 Å². The molecule has 136 valence electrons. The van der Waals surface area contributed by atoms with E-state index < -0.39 is 0 Å². The molecule has 1 aromatic heterocycles. The average molecular weight is 384 g/mol. The van der Waals surface area contributed by atoms with Gasteiger partial charge in [0, 0.05) is 12.6 Å². The lowest BCUT2D eigenvalue weighted by Gasteiger charge is -2.11. The van der Waals surface area contributed by atoms with Gasteiger partial charge in [0.2, 0.25) is 11.8 Å². The highest BCUT2D eigenvalue weighted by molar-refractivity contribution is 5.92. The molecule has 3 rings (SSSR count). The molecule has 1 unspecified atom stereocenters. The van der Waals surface area contributed by atoms with Gasteiger partial charge >= 0.3 is 0 Å². The third-order valence-electron chi connectivity index (χ3n) is 4.20. The number of hydrogen-bond donors (Lipinski definition) is 2. The number of amides is 1. The summed E-state index contributed by atoms with van der Waals surface area (Å²) in [6.07, 6.45) is 2.51. The number of anilines is 1. The first-order valence-corrected chi connectivity index (χ1v) is 7.85. The Bertz CT molecular complexity index is 702. The van der Waals surface area contributed by atoms with Crippen LogP contribution in [0.15, 0.2) is 36.5 Å². The number of nitrogens with one attached hydrogen (secondary N) is 2. The van der Waals surface area contributed by atoms with Crippen molar-refractivity contribution in [3.05, 3.63) is 47.7 Å². The van der Waals surface area contributed by atoms with E-state index in [-0.39, 0.29) is 36.6 Å². The van der Waals surface area contributed by atoms with Gasteiger partial charge in [-0.1, -0.05) is 12.1 Å². The monoisotopic (exact) mass is 383 g/mol. The molecule has 1 aliphatic rings. The number of rotatable bonds is 4. The van der Waals surface area contributed by atoms with Gasteiger partial charge in [0.05, 0.1) is 17.8 Å². The van der Waals surface area contributed by atoms with Gasteiger partial charge in [-0.15, -0.1) is 24.8 Å². The summed E-state index contributed by atoms with van der Waals surface area (Å²) in [6.45, 7) is 5.72. The van der Waals surface area contributed by atoms with Crippen LogP contribution in [0.3, 0.4) is 0 Å². The van der Waals surface area contributed by atoms with Crippen LogP contribution in [0, 0.1) is 19.8 Å². The van der Waals surface area contributed by atoms with Crippen LogP contribution >= 0.6 is 24.8 Å². The number of benzene rings is 1. The molecule has 25 heavy (non-hydrogen) atoms. The maximum atomic E-state index is 12.1. The minimum absolute atomic E-state index is 0. The standard InChI is InChI=1S/C18H21N3O2.2ClH/c1-12-4-3-5-16(13(12)2)23-17-7-6-15(11-20-17)21-18(22)14-8-9-19-10-14;;/h3-7,11,14,19H,8-10H2,1-2H3,(H,21,22);2*1H. The van der Waals surface area contributed by atoms with Crippen molar-refractivity contribution in [1.82, 2.24) is 10.3 Å². The molecular weight excluding hydrogens is 361 g/mol. The maximum absolute atomic E-state index is 12.1. The predicted molar refractivity (Wildman–Crippen MR) is 104 cm³/mol. The molecule has 7 heteroatoms. The summed E-state index contributed by atoms with van der Waals surface area (Å²) in [4.78, 5) is 16.3. The maximum Gasteiger partial charge on any atom is 0.228 e. The van der Waals surface area contributed by atoms with Crippen LogP contribution in [-0.2, 0) is 4.79 Å². The molecule has 0 aliphatic carbocycles. The largest absolute Gasteiger partial charge is 0.439 e. The second kappa shape index (κ2) is 9.61. The molecule has 1 fully saturated rings. The van der Waals surface area contributed by atoms with E-state index in [4.69, 9.17) is 4.74 Å². The summed E-state index contributed by atoms with van der Waals surface area (Å²) in [5.41, 5.74) is 2.96. The fraction of sp³-hybridized carbons (Fsp3) is 0.333. The highest BCUT2D eigenvalue weighted by Crippen LogP contribution is 2.26. The summed E-state index contributed by atoms with van der Waals surface area (Å²) < 4.78 is 5.82. The first kappa shape index (κ1) is 21.2. The molecule has 1 aliphatic heterocycles. The quantitative estimate of drug-likeness (QED) is 0.840. The molecule has 0 radical (unpaired) electrons. The average Bonchev–Trinajstić information content (AvgIpc) is 3.08. The Hall–Kier alpha value is -1.82. The Morgan fingerprint density at radius 3 is 2.68 bits per heavy atom. The Balaban J connectivity index is 0.00000156. The molecule has 2 heterocycles. The van der Waals surface area contributed by atoms with Gasteiger partial charge in [-0.3, -0.25) is 4.79 Å². The van der Waals surface area contributed by atoms with Crippen LogP contribution < -0.4 is 15.4 Å². The smallest absolute Gasteiger partial charge is 0.228 e. The SMILES string of the molecule is Cc1cccc(Oc2ccc(NC(=O)C3CCNC3)cn2)c1C.Cl.Cl. The fourth-order valence-electron chi connectivity index (χ4n) is 2.58. The van der Waals surface area contributed by atoms with E-state index in [0.717, 1.165) is 30.8 Å². The lowest BCUT2D eigenvalue weighted by molar-refractivity contribution is -0.119. The number of hydrogen-bond acceptors (Lipinski definition) is 4. The number of aromatic nitrogens is 1. The molecule has 1 amide bonds. The summed E-state index contributed by atoms with van der Waals surface area (Å²) >= 11 is 0. The molecule has 1 aromatic carbocycles. The van der Waals surface area contributed by atoms with Crippen molar-refractivity contribution in [2.24, 2.45) is 5.92 Å². The van der Waals surface area contributed by atoms with Crippen LogP contribution in [0.25, 0.3) is 0 Å². The topological polar surface area (TPSA) is 63.2 Å². The molecule has 0 bridgehead atoms. The molecule has 0 spiro atoms. The van der Waals surface area contributed by atoms with Gasteiger partial charge in [0.15, 0.2) is 0 Å². The van der Waals surface area contributed by atoms with Crippen LogP contribution in [0.4, 0.5) is 5.69 Å². The number of ether oxygens (including phenoxy) is 1. The predicted octanol–water partition coefficient (Wildman–Crippen LogP) is 3.88. The van der Waals surface area contributed by atoms with Crippen LogP contribution in [0.2, 0.25) is 0 Å². The van der Waals surface area contributed by atoms with Gasteiger partial charge < -0.3 is 15.4 Å². The van der Waals surface area contributed by atoms with Crippen molar-refractivity contribution in [2.75, 3.05) is 18.4 Å². The zero-order valence-electron chi connectivity index (χ0n) is 14.2. The fourth-order valence-corrected chi connectivity index (χ4v) is 2.58. The number of pyridine rings is 1. The highest BCUT2D eigenvalue weighted by Gasteiger charge is 2.22. The van der Waals surface area contributed by atoms with Crippen molar-refractivity contribution < 1.29 is 9.53 Å². The lowest BCUT2D eigenvalue weighted by atomic mass is 10.1. The Kier molecular flexibility index (Phi) is 8.16. The number of aryl methyl sites for hydroxylation is 1. The highest BCUT2D eigenvalue weighted by atomic mass is 35.5. The van der Waals surface area contributed by atoms with Crippen molar-refractivity contribution in [3.8, 4) is 11.6 Å². The van der Waals surface area contributed by atoms with E-state index in [1.807, 2.05) is 38.1 Å². The second-order valence-electron chi connectivity index (χ2n) is 5.86. The molecular formula is C18H23Cl2N3O2. The zero-order valence-corrected chi connectivity index (χ0v) is 15.9. The van der Waals surface area contributed by atoms with Gasteiger partial charge in [0.1, 0.15) is 5.75 Å². The summed E-state index contributed by atoms with van der Waals surface area (Å²) in [7, 11) is 0. The number of halogens is 2. The molecule has 2 aromatic rings. The van der Waals surface area contributed by atoms with Crippen molar-refractivity contribution in [1.29, 1.82) is 0 Å². The van der Waals surface area contributed by atoms with E-state index in [9.17, 15) is 4.79 Å². The summed E-state index contributed by atoms with van der Waals surface area (Å²) in [6, 6.07) is 9.51. The Labute approximate surface area is 160 Å². The first-order valence-electron chi connectivity index (χ1n) is 7.85. The van der Waals surface area contributed by atoms with E-state index >= 15 is 0 Å². The number of carbonyl (C=O) groups excluding carboxylic acids is 1. The Morgan fingerprint density at radius 2 is 2.04 bits per heavy atom. The molecule has 2 N–H and O–H groups in total. The van der Waals surface area contributed by atoms with E-state index in [0.29, 0.717) is 11.6 Å². The molecule has 5 nitrogen and oxygen atoms in total. The van der Waals surface area contributed by atoms with Crippen molar-refractivity contribution in [3.63, 3.8) is 0 Å². The Morgan fingerprint density at radius 1 is 1.24 bits per heavy atom. The number of carbonyl (C=O) groups is 1. The van der Waals surface area contributed by atoms with Crippen LogP contribution in [0.5, 0.6) is 11.6 Å². The van der Waals surface area contributed by atoms with Crippen molar-refractivity contribution >= 4 is 36.4 Å². The van der Waals surface area contributed by atoms with E-state index in [1.54, 1.807) is 12.3 Å². The van der Waals surface area contributed by atoms with Gasteiger partial charge in [-0.2, -0.15) is 0 Å². The normalized spacial score (nSPS) is 15.7. The molecule has 1 saturated heterocycles. The third kappa shape index (κ3) is 5.33. The summed E-state index contributed by atoms with van der Waals surface area (Å²) in [5.74, 6) is 1.39. The third-order valence-corrected chi connectivity index (χ3v) is 4.20.